The van der Waals surface area contributed by atoms with Crippen LogP contribution in [0.4, 0.5) is 0 Å². The Morgan fingerprint density at radius 2 is 1.90 bits per heavy atom. The highest BCUT2D eigenvalue weighted by Gasteiger charge is 1.85. The molecule has 0 atom stereocenters. The lowest BCUT2D eigenvalue weighted by Gasteiger charge is -2.02. The smallest absolute Gasteiger partial charge is 0.149 e. The molecule has 0 heterocycles. The van der Waals surface area contributed by atoms with Crippen molar-refractivity contribution in [1.29, 1.82) is 0 Å². The summed E-state index contributed by atoms with van der Waals surface area (Å²) in [6.07, 6.45) is 2.25. The second-order valence-corrected chi connectivity index (χ2v) is 1.99. The minimum absolute atomic E-state index is 0.312. The maximum atomic E-state index is 5.07. The monoisotopic (exact) mass is 148 g/mol. The van der Waals surface area contributed by atoms with Gasteiger partial charge in [0.05, 0.1) is 0 Å². The SMILES string of the molecule is CCCCOCOCOC. The molecule has 0 bridgehead atoms. The Hall–Kier alpha value is -0.120. The molecular formula is C7H16O3. The van der Waals surface area contributed by atoms with Gasteiger partial charge in [-0.05, 0) is 6.42 Å². The molecule has 0 aliphatic rings. The van der Waals surface area contributed by atoms with Crippen LogP contribution in [0.2, 0.25) is 0 Å². The normalized spacial score (nSPS) is 10.2. The number of methoxy groups -OCH3 is 1. The topological polar surface area (TPSA) is 27.7 Å². The van der Waals surface area contributed by atoms with Gasteiger partial charge in [0.1, 0.15) is 13.6 Å². The molecule has 0 radical (unpaired) electrons. The van der Waals surface area contributed by atoms with Crippen LogP contribution in [0.5, 0.6) is 0 Å². The molecule has 0 fully saturated rings. The standard InChI is InChI=1S/C7H16O3/c1-3-4-5-9-7-10-6-8-2/h3-7H2,1-2H3. The lowest BCUT2D eigenvalue weighted by Crippen LogP contribution is -2.03. The van der Waals surface area contributed by atoms with Crippen molar-refractivity contribution in [3.63, 3.8) is 0 Å². The summed E-state index contributed by atoms with van der Waals surface area (Å²) in [6, 6.07) is 0. The molecule has 0 rings (SSSR count). The van der Waals surface area contributed by atoms with Crippen molar-refractivity contribution in [2.75, 3.05) is 27.3 Å². The summed E-state index contributed by atoms with van der Waals surface area (Å²) < 4.78 is 14.6. The molecule has 0 unspecified atom stereocenters. The lowest BCUT2D eigenvalue weighted by molar-refractivity contribution is -0.120. The van der Waals surface area contributed by atoms with Crippen LogP contribution in [-0.2, 0) is 14.2 Å². The first-order valence-electron chi connectivity index (χ1n) is 3.56. The van der Waals surface area contributed by atoms with Crippen molar-refractivity contribution in [3.8, 4) is 0 Å². The van der Waals surface area contributed by atoms with Gasteiger partial charge in [-0.25, -0.2) is 0 Å². The van der Waals surface area contributed by atoms with E-state index in [1.807, 2.05) is 0 Å². The lowest BCUT2D eigenvalue weighted by atomic mass is 10.4. The van der Waals surface area contributed by atoms with E-state index in [1.54, 1.807) is 7.11 Å². The molecule has 0 saturated heterocycles. The van der Waals surface area contributed by atoms with Crippen LogP contribution in [0.25, 0.3) is 0 Å². The van der Waals surface area contributed by atoms with Crippen LogP contribution >= 0.6 is 0 Å². The van der Waals surface area contributed by atoms with E-state index in [-0.39, 0.29) is 0 Å². The number of hydrogen-bond acceptors (Lipinski definition) is 3. The fourth-order valence-corrected chi connectivity index (χ4v) is 0.482. The van der Waals surface area contributed by atoms with Crippen LogP contribution < -0.4 is 0 Å². The minimum Gasteiger partial charge on any atom is -0.359 e. The van der Waals surface area contributed by atoms with Gasteiger partial charge in [0, 0.05) is 13.7 Å². The maximum absolute atomic E-state index is 5.07. The van der Waals surface area contributed by atoms with Gasteiger partial charge in [-0.2, -0.15) is 0 Å². The molecule has 0 spiro atoms. The predicted octanol–water partition coefficient (Wildman–Crippen LogP) is 1.38. The first-order valence-corrected chi connectivity index (χ1v) is 3.56. The van der Waals surface area contributed by atoms with E-state index in [1.165, 1.54) is 0 Å². The summed E-state index contributed by atoms with van der Waals surface area (Å²) in [5.41, 5.74) is 0. The summed E-state index contributed by atoms with van der Waals surface area (Å²) >= 11 is 0. The van der Waals surface area contributed by atoms with E-state index in [2.05, 4.69) is 11.7 Å². The molecule has 0 aliphatic carbocycles. The summed E-state index contributed by atoms with van der Waals surface area (Å²) in [5.74, 6) is 0. The van der Waals surface area contributed by atoms with Crippen molar-refractivity contribution in [1.82, 2.24) is 0 Å². The van der Waals surface area contributed by atoms with Crippen molar-refractivity contribution >= 4 is 0 Å². The Morgan fingerprint density at radius 3 is 2.50 bits per heavy atom. The van der Waals surface area contributed by atoms with Crippen molar-refractivity contribution < 1.29 is 14.2 Å². The van der Waals surface area contributed by atoms with Gasteiger partial charge in [-0.15, -0.1) is 0 Å². The summed E-state index contributed by atoms with van der Waals surface area (Å²) in [4.78, 5) is 0. The molecule has 0 aromatic heterocycles. The van der Waals surface area contributed by atoms with E-state index < -0.39 is 0 Å². The van der Waals surface area contributed by atoms with Crippen molar-refractivity contribution in [2.24, 2.45) is 0 Å². The third-order valence-electron chi connectivity index (χ3n) is 1.01. The van der Waals surface area contributed by atoms with E-state index >= 15 is 0 Å². The van der Waals surface area contributed by atoms with Crippen LogP contribution in [0.15, 0.2) is 0 Å². The maximum Gasteiger partial charge on any atom is 0.149 e. The summed E-state index contributed by atoms with van der Waals surface area (Å²) in [7, 11) is 1.59. The summed E-state index contributed by atoms with van der Waals surface area (Å²) in [5, 5.41) is 0. The van der Waals surface area contributed by atoms with E-state index in [0.29, 0.717) is 13.6 Å². The molecule has 3 heteroatoms. The van der Waals surface area contributed by atoms with Gasteiger partial charge in [0.25, 0.3) is 0 Å². The van der Waals surface area contributed by atoms with Crippen LogP contribution in [0.3, 0.4) is 0 Å². The molecule has 0 aromatic rings. The van der Waals surface area contributed by atoms with Crippen LogP contribution in [-0.4, -0.2) is 27.3 Å². The molecule has 0 amide bonds. The number of ether oxygens (including phenoxy) is 3. The van der Waals surface area contributed by atoms with E-state index in [4.69, 9.17) is 9.47 Å². The average molecular weight is 148 g/mol. The molecule has 3 nitrogen and oxygen atoms in total. The third kappa shape index (κ3) is 7.88. The van der Waals surface area contributed by atoms with Gasteiger partial charge in [-0.1, -0.05) is 13.3 Å². The van der Waals surface area contributed by atoms with Gasteiger partial charge in [0.2, 0.25) is 0 Å². The first-order chi connectivity index (χ1) is 4.91. The average Bonchev–Trinajstić information content (AvgIpc) is 1.97. The molecule has 10 heavy (non-hydrogen) atoms. The van der Waals surface area contributed by atoms with Crippen LogP contribution in [0, 0.1) is 0 Å². The Labute approximate surface area is 62.3 Å². The Kier molecular flexibility index (Phi) is 8.77. The highest BCUT2D eigenvalue weighted by molar-refractivity contribution is 4.27. The van der Waals surface area contributed by atoms with E-state index in [0.717, 1.165) is 19.4 Å². The largest absolute Gasteiger partial charge is 0.359 e. The Balaban J connectivity index is 2.65. The van der Waals surface area contributed by atoms with Crippen LogP contribution in [0.1, 0.15) is 19.8 Å². The van der Waals surface area contributed by atoms with E-state index in [9.17, 15) is 0 Å². The highest BCUT2D eigenvalue weighted by Crippen LogP contribution is 1.87. The summed E-state index contributed by atoms with van der Waals surface area (Å²) in [6.45, 7) is 3.56. The molecule has 62 valence electrons. The number of hydrogen-bond donors (Lipinski definition) is 0. The third-order valence-corrected chi connectivity index (χ3v) is 1.01. The van der Waals surface area contributed by atoms with Crippen molar-refractivity contribution in [2.45, 2.75) is 19.8 Å². The fraction of sp³-hybridized carbons (Fsp3) is 1.00. The van der Waals surface area contributed by atoms with Gasteiger partial charge in [-0.3, -0.25) is 0 Å². The van der Waals surface area contributed by atoms with Gasteiger partial charge < -0.3 is 14.2 Å². The Bertz CT molecular complexity index is 48.8. The number of unbranched alkanes of at least 4 members (excludes halogenated alkanes) is 1. The molecule has 0 N–H and O–H groups in total. The van der Waals surface area contributed by atoms with Gasteiger partial charge in [0.15, 0.2) is 0 Å². The second-order valence-electron chi connectivity index (χ2n) is 1.99. The molecule has 0 aliphatic heterocycles. The second kappa shape index (κ2) is 8.88. The fourth-order valence-electron chi connectivity index (χ4n) is 0.482. The molecule has 0 saturated carbocycles. The highest BCUT2D eigenvalue weighted by atomic mass is 16.7. The zero-order valence-corrected chi connectivity index (χ0v) is 6.76. The zero-order chi connectivity index (χ0) is 7.66. The zero-order valence-electron chi connectivity index (χ0n) is 6.76. The molecule has 0 aromatic carbocycles. The number of rotatable bonds is 7. The minimum atomic E-state index is 0.312. The predicted molar refractivity (Wildman–Crippen MR) is 38.7 cm³/mol. The van der Waals surface area contributed by atoms with Crippen molar-refractivity contribution in [3.05, 3.63) is 0 Å². The Morgan fingerprint density at radius 1 is 1.10 bits per heavy atom. The quantitative estimate of drug-likeness (QED) is 0.403. The molecular weight excluding hydrogens is 132 g/mol. The first kappa shape index (κ1) is 9.88. The van der Waals surface area contributed by atoms with Gasteiger partial charge >= 0.3 is 0 Å².